The van der Waals surface area contributed by atoms with E-state index in [2.05, 4.69) is 4.90 Å². The third kappa shape index (κ3) is 6.95. The summed E-state index contributed by atoms with van der Waals surface area (Å²) in [4.78, 5) is 17.5. The van der Waals surface area contributed by atoms with Crippen molar-refractivity contribution in [3.05, 3.63) is 81.6 Å². The molecule has 1 saturated heterocycles. The van der Waals surface area contributed by atoms with Crippen LogP contribution in [0.5, 0.6) is 0 Å². The summed E-state index contributed by atoms with van der Waals surface area (Å²) in [7, 11) is -1.94. The first-order valence-corrected chi connectivity index (χ1v) is 15.4. The smallest absolute Gasteiger partial charge is 0.254 e. The monoisotopic (exact) mass is 608 g/mol. The third-order valence-corrected chi connectivity index (χ3v) is 8.60. The fourth-order valence-corrected chi connectivity index (χ4v) is 6.11. The normalized spacial score (nSPS) is 14.8. The third-order valence-electron chi connectivity index (χ3n) is 6.86. The summed E-state index contributed by atoms with van der Waals surface area (Å²) in [5.74, 6) is -0.695. The SMILES string of the molecule is COCCOC(C)c1c(Cl)cc(N2CCN(C(=O)c3cc(S(C)(=O)=O)ccc3-c3ccc(F)cc3)CC2)cc1Cl. The van der Waals surface area contributed by atoms with Crippen LogP contribution in [-0.2, 0) is 19.3 Å². The number of halogens is 3. The van der Waals surface area contributed by atoms with Gasteiger partial charge in [0.25, 0.3) is 5.91 Å². The Hall–Kier alpha value is -2.69. The lowest BCUT2D eigenvalue weighted by molar-refractivity contribution is 0.0257. The summed E-state index contributed by atoms with van der Waals surface area (Å²) >= 11 is 13.2. The fraction of sp³-hybridized carbons (Fsp3) is 0.345. The van der Waals surface area contributed by atoms with Crippen molar-refractivity contribution < 1.29 is 27.1 Å². The predicted molar refractivity (Wildman–Crippen MR) is 156 cm³/mol. The maximum Gasteiger partial charge on any atom is 0.254 e. The molecule has 0 bridgehead atoms. The zero-order chi connectivity index (χ0) is 29.0. The van der Waals surface area contributed by atoms with E-state index in [-0.39, 0.29) is 22.5 Å². The number of rotatable bonds is 9. The number of hydrogen-bond donors (Lipinski definition) is 0. The van der Waals surface area contributed by atoms with Gasteiger partial charge in [0.05, 0.1) is 24.2 Å². The number of anilines is 1. The number of benzene rings is 3. The molecule has 0 saturated carbocycles. The number of sulfone groups is 1. The maximum atomic E-state index is 13.7. The summed E-state index contributed by atoms with van der Waals surface area (Å²) in [5.41, 5.74) is 2.95. The van der Waals surface area contributed by atoms with Gasteiger partial charge in [0.15, 0.2) is 9.84 Å². The fourth-order valence-electron chi connectivity index (χ4n) is 4.68. The number of piperazine rings is 1. The van der Waals surface area contributed by atoms with Crippen molar-refractivity contribution >= 4 is 44.6 Å². The number of methoxy groups -OCH3 is 1. The Bertz CT molecular complexity index is 1450. The predicted octanol–water partition coefficient (Wildman–Crippen LogP) is 5.89. The standard InChI is InChI=1S/C29H31Cl2FN2O5S/c1-19(39-15-14-38-2)28-26(30)16-22(17-27(28)31)33-10-12-34(13-11-33)29(35)25-18-23(40(3,36)37)8-9-24(25)20-4-6-21(32)7-5-20/h4-9,16-19H,10-15H2,1-3H3. The summed E-state index contributed by atoms with van der Waals surface area (Å²) < 4.78 is 48.8. The zero-order valence-corrected chi connectivity index (χ0v) is 24.8. The van der Waals surface area contributed by atoms with E-state index in [4.69, 9.17) is 32.7 Å². The minimum Gasteiger partial charge on any atom is -0.382 e. The van der Waals surface area contributed by atoms with Gasteiger partial charge < -0.3 is 19.3 Å². The van der Waals surface area contributed by atoms with Crippen LogP contribution in [0.25, 0.3) is 11.1 Å². The molecule has 1 amide bonds. The molecule has 1 aliphatic rings. The van der Waals surface area contributed by atoms with Crippen LogP contribution in [0.15, 0.2) is 59.5 Å². The minimum absolute atomic E-state index is 0.0464. The van der Waals surface area contributed by atoms with Gasteiger partial charge in [-0.25, -0.2) is 12.8 Å². The average Bonchev–Trinajstić information content (AvgIpc) is 2.92. The molecule has 0 N–H and O–H groups in total. The molecule has 3 aromatic carbocycles. The summed E-state index contributed by atoms with van der Waals surface area (Å²) in [5, 5.41) is 0.986. The van der Waals surface area contributed by atoms with Crippen LogP contribution in [0.2, 0.25) is 10.0 Å². The molecule has 214 valence electrons. The summed E-state index contributed by atoms with van der Waals surface area (Å²) in [6, 6.07) is 13.9. The molecule has 1 fully saturated rings. The molecule has 0 aliphatic carbocycles. The van der Waals surface area contributed by atoms with Gasteiger partial charge in [-0.15, -0.1) is 0 Å². The van der Waals surface area contributed by atoms with Crippen LogP contribution < -0.4 is 4.90 Å². The van der Waals surface area contributed by atoms with Crippen molar-refractivity contribution in [2.24, 2.45) is 0 Å². The van der Waals surface area contributed by atoms with Crippen molar-refractivity contribution in [3.8, 4) is 11.1 Å². The van der Waals surface area contributed by atoms with Crippen molar-refractivity contribution in [1.82, 2.24) is 4.90 Å². The number of ether oxygens (including phenoxy) is 2. The van der Waals surface area contributed by atoms with E-state index in [1.54, 1.807) is 30.2 Å². The molecule has 7 nitrogen and oxygen atoms in total. The van der Waals surface area contributed by atoms with Gasteiger partial charge in [-0.1, -0.05) is 41.4 Å². The second kappa shape index (κ2) is 12.9. The Balaban J connectivity index is 1.53. The highest BCUT2D eigenvalue weighted by Gasteiger charge is 2.27. The molecule has 4 rings (SSSR count). The largest absolute Gasteiger partial charge is 0.382 e. The van der Waals surface area contributed by atoms with Gasteiger partial charge in [-0.2, -0.15) is 0 Å². The van der Waals surface area contributed by atoms with Crippen LogP contribution in [0.4, 0.5) is 10.1 Å². The molecular weight excluding hydrogens is 578 g/mol. The van der Waals surface area contributed by atoms with Gasteiger partial charge in [0.2, 0.25) is 0 Å². The van der Waals surface area contributed by atoms with E-state index in [1.165, 1.54) is 24.3 Å². The number of carbonyl (C=O) groups excluding carboxylic acids is 1. The molecule has 0 radical (unpaired) electrons. The van der Waals surface area contributed by atoms with Crippen molar-refractivity contribution in [2.45, 2.75) is 17.9 Å². The van der Waals surface area contributed by atoms with Crippen molar-refractivity contribution in [2.75, 3.05) is 57.7 Å². The van der Waals surface area contributed by atoms with Gasteiger partial charge in [-0.05, 0) is 54.4 Å². The van der Waals surface area contributed by atoms with Gasteiger partial charge >= 0.3 is 0 Å². The average molecular weight is 610 g/mol. The van der Waals surface area contributed by atoms with Crippen LogP contribution >= 0.6 is 23.2 Å². The number of nitrogens with zero attached hydrogens (tertiary/aromatic N) is 2. The highest BCUT2D eigenvalue weighted by molar-refractivity contribution is 7.90. The minimum atomic E-state index is -3.54. The number of carbonyl (C=O) groups is 1. The van der Waals surface area contributed by atoms with E-state index >= 15 is 0 Å². The Morgan fingerprint density at radius 3 is 2.17 bits per heavy atom. The van der Waals surface area contributed by atoms with Gasteiger partial charge in [0.1, 0.15) is 5.82 Å². The van der Waals surface area contributed by atoms with Crippen molar-refractivity contribution in [1.29, 1.82) is 0 Å². The van der Waals surface area contributed by atoms with Gasteiger partial charge in [-0.3, -0.25) is 4.79 Å². The zero-order valence-electron chi connectivity index (χ0n) is 22.5. The lowest BCUT2D eigenvalue weighted by Gasteiger charge is -2.37. The Morgan fingerprint density at radius 1 is 0.975 bits per heavy atom. The van der Waals surface area contributed by atoms with Crippen LogP contribution in [-0.4, -0.2) is 72.0 Å². The summed E-state index contributed by atoms with van der Waals surface area (Å²) in [6.07, 6.45) is 0.790. The Morgan fingerprint density at radius 2 is 1.60 bits per heavy atom. The van der Waals surface area contributed by atoms with E-state index in [9.17, 15) is 17.6 Å². The molecule has 1 aliphatic heterocycles. The number of amides is 1. The molecular formula is C29H31Cl2FN2O5S. The molecule has 0 spiro atoms. The molecule has 1 heterocycles. The molecule has 3 aromatic rings. The second-order valence-corrected chi connectivity index (χ2v) is 12.4. The first-order chi connectivity index (χ1) is 19.0. The first-order valence-electron chi connectivity index (χ1n) is 12.7. The highest BCUT2D eigenvalue weighted by atomic mass is 35.5. The van der Waals surface area contributed by atoms with E-state index in [1.807, 2.05) is 19.1 Å². The first kappa shape index (κ1) is 30.3. The van der Waals surface area contributed by atoms with Crippen molar-refractivity contribution in [3.63, 3.8) is 0 Å². The van der Waals surface area contributed by atoms with Gasteiger partial charge in [0, 0.05) is 66.4 Å². The van der Waals surface area contributed by atoms with E-state index < -0.39 is 15.7 Å². The molecule has 0 aromatic heterocycles. The molecule has 40 heavy (non-hydrogen) atoms. The Labute approximate surface area is 244 Å². The molecule has 1 unspecified atom stereocenters. The Kier molecular flexibility index (Phi) is 9.74. The highest BCUT2D eigenvalue weighted by Crippen LogP contribution is 2.37. The quantitative estimate of drug-likeness (QED) is 0.282. The van der Waals surface area contributed by atoms with E-state index in [0.717, 1.165) is 11.9 Å². The second-order valence-electron chi connectivity index (χ2n) is 9.59. The molecule has 11 heteroatoms. The summed E-state index contributed by atoms with van der Waals surface area (Å²) in [6.45, 7) is 4.61. The van der Waals surface area contributed by atoms with Crippen LogP contribution in [0.3, 0.4) is 0 Å². The van der Waals surface area contributed by atoms with Crippen LogP contribution in [0.1, 0.15) is 28.9 Å². The topological polar surface area (TPSA) is 76.2 Å². The van der Waals surface area contributed by atoms with E-state index in [0.29, 0.717) is 66.1 Å². The van der Waals surface area contributed by atoms with Crippen LogP contribution in [0, 0.1) is 5.82 Å². The lowest BCUT2D eigenvalue weighted by atomic mass is 9.98. The maximum absolute atomic E-state index is 13.7. The molecule has 1 atom stereocenters. The lowest BCUT2D eigenvalue weighted by Crippen LogP contribution is -2.49. The number of hydrogen-bond acceptors (Lipinski definition) is 6.